The standard InChI is InChI=1S/C21H20Cl2FN5O2/c1-11-7-6-10-25-19(11)29(4)20-14(23)16(21(30)31-5)26-18(27-20)12-8-9-13(22)17(15(12)24)28(2)3/h6-10H,1-5H3. The Kier molecular flexibility index (Phi) is 6.62. The minimum Gasteiger partial charge on any atom is -0.464 e. The molecule has 1 aromatic carbocycles. The van der Waals surface area contributed by atoms with Crippen LogP contribution in [-0.4, -0.2) is 49.2 Å². The molecule has 0 aliphatic rings. The number of nitrogens with zero attached hydrogens (tertiary/aromatic N) is 5. The average Bonchev–Trinajstić information content (AvgIpc) is 2.73. The Bertz CT molecular complexity index is 1160. The summed E-state index contributed by atoms with van der Waals surface area (Å²) < 4.78 is 20.1. The summed E-state index contributed by atoms with van der Waals surface area (Å²) in [6.45, 7) is 1.87. The number of benzene rings is 1. The third-order valence-corrected chi connectivity index (χ3v) is 5.24. The summed E-state index contributed by atoms with van der Waals surface area (Å²) in [4.78, 5) is 28.5. The molecule has 0 spiro atoms. The van der Waals surface area contributed by atoms with Gasteiger partial charge in [0.05, 0.1) is 23.4 Å². The highest BCUT2D eigenvalue weighted by Gasteiger charge is 2.26. The van der Waals surface area contributed by atoms with E-state index in [9.17, 15) is 4.79 Å². The van der Waals surface area contributed by atoms with E-state index in [4.69, 9.17) is 27.9 Å². The molecule has 0 saturated carbocycles. The number of aromatic nitrogens is 3. The van der Waals surface area contributed by atoms with E-state index in [1.165, 1.54) is 19.2 Å². The molecule has 3 rings (SSSR count). The van der Waals surface area contributed by atoms with Crippen molar-refractivity contribution < 1.29 is 13.9 Å². The Morgan fingerprint density at radius 1 is 1.10 bits per heavy atom. The largest absolute Gasteiger partial charge is 0.464 e. The van der Waals surface area contributed by atoms with Crippen LogP contribution in [0, 0.1) is 12.7 Å². The number of pyridine rings is 1. The Balaban J connectivity index is 2.29. The summed E-state index contributed by atoms with van der Waals surface area (Å²) in [6, 6.07) is 6.66. The number of halogens is 3. The van der Waals surface area contributed by atoms with Gasteiger partial charge in [-0.2, -0.15) is 0 Å². The van der Waals surface area contributed by atoms with Crippen LogP contribution in [-0.2, 0) is 4.74 Å². The molecule has 0 aliphatic heterocycles. The second-order valence-corrected chi connectivity index (χ2v) is 7.67. The second-order valence-electron chi connectivity index (χ2n) is 6.88. The maximum absolute atomic E-state index is 15.3. The van der Waals surface area contributed by atoms with Crippen LogP contribution >= 0.6 is 23.2 Å². The maximum atomic E-state index is 15.3. The van der Waals surface area contributed by atoms with Crippen molar-refractivity contribution in [1.29, 1.82) is 0 Å². The van der Waals surface area contributed by atoms with Gasteiger partial charge < -0.3 is 14.5 Å². The smallest absolute Gasteiger partial charge is 0.358 e. The molecule has 0 saturated heterocycles. The zero-order valence-corrected chi connectivity index (χ0v) is 19.1. The predicted molar refractivity (Wildman–Crippen MR) is 120 cm³/mol. The first kappa shape index (κ1) is 22.7. The van der Waals surface area contributed by atoms with E-state index < -0.39 is 11.8 Å². The zero-order valence-electron chi connectivity index (χ0n) is 17.6. The molecular formula is C21H20Cl2FN5O2. The zero-order chi connectivity index (χ0) is 22.9. The van der Waals surface area contributed by atoms with Crippen LogP contribution in [0.1, 0.15) is 16.1 Å². The number of hydrogen-bond acceptors (Lipinski definition) is 7. The van der Waals surface area contributed by atoms with Crippen LogP contribution in [0.15, 0.2) is 30.5 Å². The minimum atomic E-state index is -0.775. The Morgan fingerprint density at radius 3 is 2.42 bits per heavy atom. The van der Waals surface area contributed by atoms with E-state index in [1.807, 2.05) is 13.0 Å². The summed E-state index contributed by atoms with van der Waals surface area (Å²) in [5, 5.41) is 0.195. The molecule has 0 unspecified atom stereocenters. The van der Waals surface area contributed by atoms with E-state index in [0.29, 0.717) is 5.82 Å². The summed E-state index contributed by atoms with van der Waals surface area (Å²) in [7, 11) is 6.23. The Morgan fingerprint density at radius 2 is 1.81 bits per heavy atom. The number of ether oxygens (including phenoxy) is 1. The topological polar surface area (TPSA) is 71.5 Å². The highest BCUT2D eigenvalue weighted by molar-refractivity contribution is 6.36. The van der Waals surface area contributed by atoms with Gasteiger partial charge in [0.15, 0.2) is 23.2 Å². The monoisotopic (exact) mass is 463 g/mol. The molecule has 3 aromatic rings. The van der Waals surface area contributed by atoms with Gasteiger partial charge in [-0.15, -0.1) is 0 Å². The molecule has 2 heterocycles. The number of rotatable bonds is 5. The molecule has 2 aromatic heterocycles. The SMILES string of the molecule is COC(=O)c1nc(-c2ccc(Cl)c(N(C)C)c2F)nc(N(C)c2ncccc2C)c1Cl. The number of anilines is 3. The van der Waals surface area contributed by atoms with Crippen molar-refractivity contribution in [1.82, 2.24) is 15.0 Å². The summed E-state index contributed by atoms with van der Waals surface area (Å²) >= 11 is 12.6. The first-order valence-corrected chi connectivity index (χ1v) is 9.89. The van der Waals surface area contributed by atoms with Crippen molar-refractivity contribution in [3.63, 3.8) is 0 Å². The number of carbonyl (C=O) groups is 1. The van der Waals surface area contributed by atoms with E-state index in [0.717, 1.165) is 5.56 Å². The first-order valence-electron chi connectivity index (χ1n) is 9.14. The number of methoxy groups -OCH3 is 1. The molecule has 0 aliphatic carbocycles. The molecular weight excluding hydrogens is 444 g/mol. The number of carbonyl (C=O) groups excluding carboxylic acids is 1. The fourth-order valence-electron chi connectivity index (χ4n) is 3.06. The third kappa shape index (κ3) is 4.26. The Labute approximate surface area is 189 Å². The molecule has 0 N–H and O–H groups in total. The fraction of sp³-hybridized carbons (Fsp3) is 0.238. The molecule has 0 bridgehead atoms. The van der Waals surface area contributed by atoms with Crippen LogP contribution in [0.3, 0.4) is 0 Å². The van der Waals surface area contributed by atoms with Crippen molar-refractivity contribution in [2.24, 2.45) is 0 Å². The van der Waals surface area contributed by atoms with E-state index >= 15 is 4.39 Å². The highest BCUT2D eigenvalue weighted by Crippen LogP contribution is 2.37. The van der Waals surface area contributed by atoms with Gasteiger partial charge in [-0.3, -0.25) is 0 Å². The molecule has 0 radical (unpaired) electrons. The van der Waals surface area contributed by atoms with Gasteiger partial charge in [0, 0.05) is 27.3 Å². The third-order valence-electron chi connectivity index (χ3n) is 4.58. The van der Waals surface area contributed by atoms with Gasteiger partial charge in [0.2, 0.25) is 0 Å². The van der Waals surface area contributed by atoms with Crippen LogP contribution < -0.4 is 9.80 Å². The van der Waals surface area contributed by atoms with Crippen molar-refractivity contribution in [3.8, 4) is 11.4 Å². The quantitative estimate of drug-likeness (QED) is 0.497. The lowest BCUT2D eigenvalue weighted by molar-refractivity contribution is 0.0594. The molecule has 7 nitrogen and oxygen atoms in total. The van der Waals surface area contributed by atoms with Crippen LogP contribution in [0.5, 0.6) is 0 Å². The van der Waals surface area contributed by atoms with Crippen LogP contribution in [0.4, 0.5) is 21.7 Å². The Hall–Kier alpha value is -2.97. The predicted octanol–water partition coefficient (Wildman–Crippen LogP) is 4.91. The van der Waals surface area contributed by atoms with E-state index in [1.54, 1.807) is 43.2 Å². The van der Waals surface area contributed by atoms with Gasteiger partial charge in [-0.25, -0.2) is 24.1 Å². The van der Waals surface area contributed by atoms with Gasteiger partial charge in [-0.05, 0) is 30.7 Å². The maximum Gasteiger partial charge on any atom is 0.358 e. The van der Waals surface area contributed by atoms with Gasteiger partial charge in [-0.1, -0.05) is 29.3 Å². The lowest BCUT2D eigenvalue weighted by Gasteiger charge is -2.22. The van der Waals surface area contributed by atoms with Crippen molar-refractivity contribution in [2.75, 3.05) is 38.1 Å². The molecule has 0 amide bonds. The fourth-order valence-corrected chi connectivity index (χ4v) is 3.67. The molecule has 0 atom stereocenters. The lowest BCUT2D eigenvalue weighted by Crippen LogP contribution is -2.18. The summed E-state index contributed by atoms with van der Waals surface area (Å²) in [5.74, 6) is -0.705. The molecule has 10 heteroatoms. The molecule has 0 fully saturated rings. The average molecular weight is 464 g/mol. The molecule has 162 valence electrons. The normalized spacial score (nSPS) is 10.7. The lowest BCUT2D eigenvalue weighted by atomic mass is 10.1. The number of aryl methyl sites for hydroxylation is 1. The second kappa shape index (κ2) is 9.03. The van der Waals surface area contributed by atoms with Crippen LogP contribution in [0.25, 0.3) is 11.4 Å². The first-order chi connectivity index (χ1) is 14.7. The van der Waals surface area contributed by atoms with Crippen molar-refractivity contribution in [2.45, 2.75) is 6.92 Å². The van der Waals surface area contributed by atoms with Gasteiger partial charge in [0.25, 0.3) is 0 Å². The van der Waals surface area contributed by atoms with Crippen LogP contribution in [0.2, 0.25) is 10.0 Å². The number of hydrogen-bond donors (Lipinski definition) is 0. The van der Waals surface area contributed by atoms with E-state index in [2.05, 4.69) is 15.0 Å². The highest BCUT2D eigenvalue weighted by atomic mass is 35.5. The summed E-state index contributed by atoms with van der Waals surface area (Å²) in [6.07, 6.45) is 1.62. The number of esters is 1. The minimum absolute atomic E-state index is 0.0367. The van der Waals surface area contributed by atoms with E-state index in [-0.39, 0.29) is 38.6 Å². The molecule has 31 heavy (non-hydrogen) atoms. The van der Waals surface area contributed by atoms with Gasteiger partial charge >= 0.3 is 5.97 Å². The van der Waals surface area contributed by atoms with Crippen molar-refractivity contribution >= 4 is 46.5 Å². The van der Waals surface area contributed by atoms with Gasteiger partial charge in [0.1, 0.15) is 10.8 Å². The van der Waals surface area contributed by atoms with Crippen molar-refractivity contribution in [3.05, 3.63) is 57.6 Å². The summed E-state index contributed by atoms with van der Waals surface area (Å²) in [5.41, 5.74) is 0.897.